The monoisotopic (exact) mass is 397 g/mol. The number of amides is 2. The zero-order chi connectivity index (χ0) is 20.8. The minimum Gasteiger partial charge on any atom is -0.456 e. The molecule has 8 nitrogen and oxygen atoms in total. The fourth-order valence-electron chi connectivity index (χ4n) is 3.64. The lowest BCUT2D eigenvalue weighted by atomic mass is 9.94. The van der Waals surface area contributed by atoms with Gasteiger partial charge in [0.05, 0.1) is 0 Å². The minimum atomic E-state index is -0.592. The van der Waals surface area contributed by atoms with Crippen LogP contribution in [0.25, 0.3) is 0 Å². The van der Waals surface area contributed by atoms with Crippen LogP contribution in [0, 0.1) is 0 Å². The fraction of sp³-hybridized carbons (Fsp3) is 0.429. The predicted molar refractivity (Wildman–Crippen MR) is 102 cm³/mol. The molecule has 1 aromatic carbocycles. The number of fused-ring (bicyclic) bond motifs is 1. The summed E-state index contributed by atoms with van der Waals surface area (Å²) in [5.41, 5.74) is 1.83. The molecule has 0 radical (unpaired) electrons. The lowest BCUT2D eigenvalue weighted by Crippen LogP contribution is -2.50. The Bertz CT molecular complexity index is 977. The van der Waals surface area contributed by atoms with Crippen molar-refractivity contribution in [2.24, 2.45) is 0 Å². The summed E-state index contributed by atoms with van der Waals surface area (Å²) in [5.74, 6) is -0.185. The number of hydrogen-bond donors (Lipinski definition) is 0. The molecule has 0 aliphatic carbocycles. The van der Waals surface area contributed by atoms with Crippen molar-refractivity contribution in [2.75, 3.05) is 26.7 Å². The normalized spacial score (nSPS) is 18.4. The maximum atomic E-state index is 12.6. The largest absolute Gasteiger partial charge is 0.456 e. The molecule has 2 aliphatic heterocycles. The Morgan fingerprint density at radius 2 is 1.90 bits per heavy atom. The van der Waals surface area contributed by atoms with Gasteiger partial charge in [-0.15, -0.1) is 0 Å². The van der Waals surface area contributed by atoms with Crippen LogP contribution >= 0.6 is 0 Å². The summed E-state index contributed by atoms with van der Waals surface area (Å²) in [6.45, 7) is 4.83. The third-order valence-electron chi connectivity index (χ3n) is 5.31. The van der Waals surface area contributed by atoms with E-state index in [1.807, 2.05) is 26.0 Å². The molecular formula is C21H23N3O5. The lowest BCUT2D eigenvalue weighted by molar-refractivity contribution is -0.133. The molecular weight excluding hydrogens is 374 g/mol. The SMILES string of the molecule is CN1CCN(C(=O)c2ccc(Cc3onc4c3C(=O)OC(C)(C)C4)cc2)CC1=O. The summed E-state index contributed by atoms with van der Waals surface area (Å²) in [5, 5.41) is 4.05. The van der Waals surface area contributed by atoms with Gasteiger partial charge in [-0.1, -0.05) is 17.3 Å². The molecule has 29 heavy (non-hydrogen) atoms. The van der Waals surface area contributed by atoms with Gasteiger partial charge < -0.3 is 19.1 Å². The van der Waals surface area contributed by atoms with Crippen molar-refractivity contribution in [3.63, 3.8) is 0 Å². The summed E-state index contributed by atoms with van der Waals surface area (Å²) < 4.78 is 10.9. The number of benzene rings is 1. The van der Waals surface area contributed by atoms with Crippen molar-refractivity contribution in [3.8, 4) is 0 Å². The van der Waals surface area contributed by atoms with Crippen molar-refractivity contribution >= 4 is 17.8 Å². The Morgan fingerprint density at radius 3 is 2.59 bits per heavy atom. The maximum absolute atomic E-state index is 12.6. The van der Waals surface area contributed by atoms with Gasteiger partial charge in [0.25, 0.3) is 5.91 Å². The summed E-state index contributed by atoms with van der Waals surface area (Å²) in [7, 11) is 1.73. The van der Waals surface area contributed by atoms with E-state index >= 15 is 0 Å². The number of hydrogen-bond acceptors (Lipinski definition) is 6. The van der Waals surface area contributed by atoms with E-state index in [-0.39, 0.29) is 18.4 Å². The molecule has 0 saturated carbocycles. The first-order valence-corrected chi connectivity index (χ1v) is 9.56. The van der Waals surface area contributed by atoms with E-state index in [4.69, 9.17) is 9.26 Å². The van der Waals surface area contributed by atoms with E-state index in [9.17, 15) is 14.4 Å². The van der Waals surface area contributed by atoms with E-state index in [1.165, 1.54) is 0 Å². The first-order valence-electron chi connectivity index (χ1n) is 9.56. The van der Waals surface area contributed by atoms with Crippen LogP contribution in [0.15, 0.2) is 28.8 Å². The second-order valence-electron chi connectivity index (χ2n) is 8.17. The molecule has 1 aromatic heterocycles. The molecule has 0 spiro atoms. The summed E-state index contributed by atoms with van der Waals surface area (Å²) in [4.78, 5) is 40.0. The van der Waals surface area contributed by atoms with Crippen LogP contribution in [0.4, 0.5) is 0 Å². The predicted octanol–water partition coefficient (Wildman–Crippen LogP) is 1.67. The van der Waals surface area contributed by atoms with E-state index < -0.39 is 11.6 Å². The minimum absolute atomic E-state index is 0.0635. The van der Waals surface area contributed by atoms with Crippen LogP contribution in [0.3, 0.4) is 0 Å². The van der Waals surface area contributed by atoms with Crippen LogP contribution in [0.5, 0.6) is 0 Å². The molecule has 1 fully saturated rings. The quantitative estimate of drug-likeness (QED) is 0.732. The fourth-order valence-corrected chi connectivity index (χ4v) is 3.64. The second kappa shape index (κ2) is 7.02. The molecule has 2 amide bonds. The Balaban J connectivity index is 1.47. The van der Waals surface area contributed by atoms with Gasteiger partial charge in [-0.2, -0.15) is 0 Å². The van der Waals surface area contributed by atoms with Gasteiger partial charge in [-0.3, -0.25) is 9.59 Å². The Kier molecular flexibility index (Phi) is 4.64. The Labute approximate surface area is 168 Å². The highest BCUT2D eigenvalue weighted by Crippen LogP contribution is 2.30. The van der Waals surface area contributed by atoms with Crippen LogP contribution in [0.1, 0.15) is 51.6 Å². The van der Waals surface area contributed by atoms with Crippen LogP contribution in [-0.4, -0.2) is 65.0 Å². The van der Waals surface area contributed by atoms with Crippen LogP contribution < -0.4 is 0 Å². The number of cyclic esters (lactones) is 1. The second-order valence-corrected chi connectivity index (χ2v) is 8.17. The maximum Gasteiger partial charge on any atom is 0.344 e. The van der Waals surface area contributed by atoms with Crippen molar-refractivity contribution in [2.45, 2.75) is 32.3 Å². The molecule has 4 rings (SSSR count). The van der Waals surface area contributed by atoms with Gasteiger partial charge in [-0.05, 0) is 31.5 Å². The van der Waals surface area contributed by atoms with E-state index in [1.54, 1.807) is 29.0 Å². The number of carbonyl (C=O) groups is 3. The smallest absolute Gasteiger partial charge is 0.344 e. The Hall–Kier alpha value is -3.16. The molecule has 8 heteroatoms. The summed E-state index contributed by atoms with van der Waals surface area (Å²) in [6.07, 6.45) is 0.883. The van der Waals surface area contributed by atoms with E-state index in [0.29, 0.717) is 48.5 Å². The van der Waals surface area contributed by atoms with Crippen molar-refractivity contribution in [1.29, 1.82) is 0 Å². The number of carbonyl (C=O) groups excluding carboxylic acids is 3. The average molecular weight is 397 g/mol. The van der Waals surface area contributed by atoms with Crippen LogP contribution in [0.2, 0.25) is 0 Å². The number of ether oxygens (including phenoxy) is 1. The Morgan fingerprint density at radius 1 is 1.17 bits per heavy atom. The molecule has 152 valence electrons. The molecule has 1 saturated heterocycles. The van der Waals surface area contributed by atoms with Gasteiger partial charge in [0, 0.05) is 38.5 Å². The highest BCUT2D eigenvalue weighted by Gasteiger charge is 2.37. The van der Waals surface area contributed by atoms with Crippen molar-refractivity contribution < 1.29 is 23.6 Å². The van der Waals surface area contributed by atoms with Gasteiger partial charge in [0.15, 0.2) is 5.76 Å². The molecule has 2 aliphatic rings. The average Bonchev–Trinajstić information content (AvgIpc) is 3.05. The van der Waals surface area contributed by atoms with E-state index in [0.717, 1.165) is 5.56 Å². The topological polar surface area (TPSA) is 93.0 Å². The summed E-state index contributed by atoms with van der Waals surface area (Å²) in [6, 6.07) is 7.09. The highest BCUT2D eigenvalue weighted by molar-refractivity contribution is 5.97. The first-order chi connectivity index (χ1) is 13.7. The number of aromatic nitrogens is 1. The van der Waals surface area contributed by atoms with Gasteiger partial charge in [0.1, 0.15) is 23.4 Å². The zero-order valence-electron chi connectivity index (χ0n) is 16.7. The molecule has 2 aromatic rings. The van der Waals surface area contributed by atoms with Crippen LogP contribution in [-0.2, 0) is 22.4 Å². The molecule has 0 atom stereocenters. The zero-order valence-corrected chi connectivity index (χ0v) is 16.7. The molecule has 0 N–H and O–H groups in total. The number of esters is 1. The first kappa shape index (κ1) is 19.2. The van der Waals surface area contributed by atoms with E-state index in [2.05, 4.69) is 5.16 Å². The van der Waals surface area contributed by atoms with Gasteiger partial charge in [-0.25, -0.2) is 4.79 Å². The molecule has 3 heterocycles. The number of rotatable bonds is 3. The lowest BCUT2D eigenvalue weighted by Gasteiger charge is -2.32. The standard InChI is InChI=1S/C21H23N3O5/c1-21(2)11-15-18(20(27)28-21)16(29-22-15)10-13-4-6-14(7-5-13)19(26)24-9-8-23(3)17(25)12-24/h4-7H,8-12H2,1-3H3. The number of likely N-dealkylation sites (N-methyl/N-ethyl adjacent to an activating group) is 1. The highest BCUT2D eigenvalue weighted by atomic mass is 16.6. The van der Waals surface area contributed by atoms with Crippen molar-refractivity contribution in [1.82, 2.24) is 15.0 Å². The van der Waals surface area contributed by atoms with Gasteiger partial charge >= 0.3 is 5.97 Å². The molecule has 0 bridgehead atoms. The molecule has 0 unspecified atom stereocenters. The number of nitrogens with zero attached hydrogens (tertiary/aromatic N) is 3. The number of piperazine rings is 1. The van der Waals surface area contributed by atoms with Crippen molar-refractivity contribution in [3.05, 3.63) is 52.4 Å². The third-order valence-corrected chi connectivity index (χ3v) is 5.31. The third kappa shape index (κ3) is 3.74. The summed E-state index contributed by atoms with van der Waals surface area (Å²) >= 11 is 0. The van der Waals surface area contributed by atoms with Gasteiger partial charge in [0.2, 0.25) is 5.91 Å².